The zero-order chi connectivity index (χ0) is 17.7. The highest BCUT2D eigenvalue weighted by Crippen LogP contribution is 2.37. The molecule has 0 saturated heterocycles. The summed E-state index contributed by atoms with van der Waals surface area (Å²) in [5.41, 5.74) is 8.15. The molecule has 1 heterocycles. The molecule has 0 bridgehead atoms. The van der Waals surface area contributed by atoms with Crippen molar-refractivity contribution < 1.29 is 9.53 Å². The number of hydrogen-bond acceptors (Lipinski definition) is 6. The molecule has 1 aromatic rings. The number of dihydropyridines is 1. The Labute approximate surface area is 142 Å². The zero-order valence-electron chi connectivity index (χ0n) is 14.2. The maximum Gasteiger partial charge on any atom is 0.336 e. The molecule has 3 N–H and O–H groups in total. The molecular weight excluding hydrogens is 304 g/mol. The molecule has 1 aliphatic rings. The molecular formula is C18H22N4O2. The van der Waals surface area contributed by atoms with Crippen LogP contribution in [0.5, 0.6) is 0 Å². The SMILES string of the molecule is CC1=C(C(=O)OCCN(C)C)C(c2ccccc2)C(C#N)=C(N)N1. The molecule has 1 aromatic carbocycles. The average Bonchev–Trinajstić information content (AvgIpc) is 2.54. The van der Waals surface area contributed by atoms with Crippen molar-refractivity contribution in [3.63, 3.8) is 0 Å². The lowest BCUT2D eigenvalue weighted by Crippen LogP contribution is -2.33. The molecule has 0 aliphatic carbocycles. The molecule has 0 aromatic heterocycles. The van der Waals surface area contributed by atoms with Crippen LogP contribution in [0.2, 0.25) is 0 Å². The van der Waals surface area contributed by atoms with Gasteiger partial charge in [-0.15, -0.1) is 0 Å². The number of hydrogen-bond donors (Lipinski definition) is 2. The van der Waals surface area contributed by atoms with E-state index in [1.165, 1.54) is 0 Å². The summed E-state index contributed by atoms with van der Waals surface area (Å²) in [5, 5.41) is 12.4. The molecule has 0 radical (unpaired) electrons. The Hall–Kier alpha value is -2.78. The van der Waals surface area contributed by atoms with Crippen LogP contribution in [0.4, 0.5) is 0 Å². The lowest BCUT2D eigenvalue weighted by Gasteiger charge is -2.28. The fourth-order valence-corrected chi connectivity index (χ4v) is 2.63. The third kappa shape index (κ3) is 3.76. The van der Waals surface area contributed by atoms with Crippen LogP contribution >= 0.6 is 0 Å². The second kappa shape index (κ2) is 7.66. The number of rotatable bonds is 5. The Morgan fingerprint density at radius 1 is 1.38 bits per heavy atom. The van der Waals surface area contributed by atoms with Crippen LogP contribution < -0.4 is 11.1 Å². The summed E-state index contributed by atoms with van der Waals surface area (Å²) in [6.45, 7) is 2.68. The van der Waals surface area contributed by atoms with Crippen LogP contribution in [0.3, 0.4) is 0 Å². The van der Waals surface area contributed by atoms with Gasteiger partial charge in [0, 0.05) is 12.2 Å². The Morgan fingerprint density at radius 2 is 2.04 bits per heavy atom. The van der Waals surface area contributed by atoms with Crippen LogP contribution in [0, 0.1) is 11.3 Å². The molecule has 6 heteroatoms. The van der Waals surface area contributed by atoms with E-state index < -0.39 is 11.9 Å². The largest absolute Gasteiger partial charge is 0.461 e. The van der Waals surface area contributed by atoms with Gasteiger partial charge in [-0.2, -0.15) is 5.26 Å². The minimum absolute atomic E-state index is 0.272. The second-order valence-corrected chi connectivity index (χ2v) is 5.89. The number of esters is 1. The van der Waals surface area contributed by atoms with Crippen LogP contribution in [-0.4, -0.2) is 38.1 Å². The summed E-state index contributed by atoms with van der Waals surface area (Å²) in [6, 6.07) is 11.5. The number of carbonyl (C=O) groups is 1. The number of nitrogens with two attached hydrogens (primary N) is 1. The molecule has 1 atom stereocenters. The number of likely N-dealkylation sites (N-methyl/N-ethyl adjacent to an activating group) is 1. The van der Waals surface area contributed by atoms with Crippen LogP contribution in [0.1, 0.15) is 18.4 Å². The highest BCUT2D eigenvalue weighted by Gasteiger charge is 2.34. The molecule has 126 valence electrons. The molecule has 0 amide bonds. The zero-order valence-corrected chi connectivity index (χ0v) is 14.2. The van der Waals surface area contributed by atoms with Gasteiger partial charge in [0.05, 0.1) is 23.1 Å². The van der Waals surface area contributed by atoms with Crippen LogP contribution in [0.15, 0.2) is 53.0 Å². The van der Waals surface area contributed by atoms with E-state index in [0.717, 1.165) is 5.56 Å². The fourth-order valence-electron chi connectivity index (χ4n) is 2.63. The quantitative estimate of drug-likeness (QED) is 0.796. The van der Waals surface area contributed by atoms with Gasteiger partial charge >= 0.3 is 5.97 Å². The van der Waals surface area contributed by atoms with Crippen molar-refractivity contribution in [3.05, 3.63) is 58.6 Å². The van der Waals surface area contributed by atoms with Gasteiger partial charge < -0.3 is 20.7 Å². The van der Waals surface area contributed by atoms with Gasteiger partial charge in [-0.1, -0.05) is 30.3 Å². The van der Waals surface area contributed by atoms with Crippen molar-refractivity contribution in [2.45, 2.75) is 12.8 Å². The predicted molar refractivity (Wildman–Crippen MR) is 91.4 cm³/mol. The van der Waals surface area contributed by atoms with E-state index in [9.17, 15) is 10.1 Å². The van der Waals surface area contributed by atoms with Crippen LogP contribution in [0.25, 0.3) is 0 Å². The average molecular weight is 326 g/mol. The Morgan fingerprint density at radius 3 is 2.62 bits per heavy atom. The van der Waals surface area contributed by atoms with E-state index >= 15 is 0 Å². The number of benzene rings is 1. The third-order valence-electron chi connectivity index (χ3n) is 3.84. The smallest absolute Gasteiger partial charge is 0.336 e. The lowest BCUT2D eigenvalue weighted by atomic mass is 9.82. The van der Waals surface area contributed by atoms with Crippen molar-refractivity contribution in [1.29, 1.82) is 5.26 Å². The molecule has 0 saturated carbocycles. The molecule has 6 nitrogen and oxygen atoms in total. The van der Waals surface area contributed by atoms with E-state index in [4.69, 9.17) is 10.5 Å². The van der Waals surface area contributed by atoms with Crippen LogP contribution in [-0.2, 0) is 9.53 Å². The first-order valence-electron chi connectivity index (χ1n) is 7.70. The molecule has 2 rings (SSSR count). The number of nitrogens with zero attached hydrogens (tertiary/aromatic N) is 2. The minimum Gasteiger partial charge on any atom is -0.461 e. The number of nitrogens with one attached hydrogen (secondary N) is 1. The highest BCUT2D eigenvalue weighted by atomic mass is 16.5. The van der Waals surface area contributed by atoms with Gasteiger partial charge in [0.2, 0.25) is 0 Å². The minimum atomic E-state index is -0.524. The number of ether oxygens (including phenoxy) is 1. The van der Waals surface area contributed by atoms with Gasteiger partial charge in [-0.05, 0) is 26.6 Å². The lowest BCUT2D eigenvalue weighted by molar-refractivity contribution is -0.139. The Balaban J connectivity index is 2.37. The number of allylic oxidation sites excluding steroid dienone is 2. The van der Waals surface area contributed by atoms with Gasteiger partial charge in [-0.3, -0.25) is 0 Å². The van der Waals surface area contributed by atoms with Gasteiger partial charge in [0.1, 0.15) is 12.4 Å². The van der Waals surface area contributed by atoms with Gasteiger partial charge in [-0.25, -0.2) is 4.79 Å². The molecule has 1 aliphatic heterocycles. The van der Waals surface area contributed by atoms with E-state index in [1.807, 2.05) is 49.3 Å². The van der Waals surface area contributed by atoms with E-state index in [0.29, 0.717) is 23.4 Å². The maximum atomic E-state index is 12.6. The van der Waals surface area contributed by atoms with Gasteiger partial charge in [0.25, 0.3) is 0 Å². The molecule has 0 spiro atoms. The standard InChI is InChI=1S/C18H22N4O2/c1-12-15(18(23)24-10-9-22(2)3)16(13-7-5-4-6-8-13)14(11-19)17(20)21-12/h4-8,16,21H,9-10,20H2,1-3H3. The summed E-state index contributed by atoms with van der Waals surface area (Å²) in [7, 11) is 3.81. The van der Waals surface area contributed by atoms with E-state index in [1.54, 1.807) is 6.92 Å². The Kier molecular flexibility index (Phi) is 5.61. The summed E-state index contributed by atoms with van der Waals surface area (Å²) in [5.74, 6) is -0.686. The van der Waals surface area contributed by atoms with E-state index in [2.05, 4.69) is 11.4 Å². The molecule has 1 unspecified atom stereocenters. The monoisotopic (exact) mass is 326 g/mol. The first-order valence-corrected chi connectivity index (χ1v) is 7.70. The topological polar surface area (TPSA) is 91.4 Å². The van der Waals surface area contributed by atoms with Crippen molar-refractivity contribution in [2.75, 3.05) is 27.2 Å². The van der Waals surface area contributed by atoms with Gasteiger partial charge in [0.15, 0.2) is 0 Å². The summed E-state index contributed by atoms with van der Waals surface area (Å²) in [4.78, 5) is 14.6. The normalized spacial score (nSPS) is 17.5. The summed E-state index contributed by atoms with van der Waals surface area (Å²) < 4.78 is 5.39. The fraction of sp³-hybridized carbons (Fsp3) is 0.333. The maximum absolute atomic E-state index is 12.6. The second-order valence-electron chi connectivity index (χ2n) is 5.89. The van der Waals surface area contributed by atoms with Crippen molar-refractivity contribution >= 4 is 5.97 Å². The summed E-state index contributed by atoms with van der Waals surface area (Å²) in [6.07, 6.45) is 0. The Bertz CT molecular complexity index is 714. The first-order chi connectivity index (χ1) is 11.5. The predicted octanol–water partition coefficient (Wildman–Crippen LogP) is 1.45. The molecule has 24 heavy (non-hydrogen) atoms. The number of nitriles is 1. The van der Waals surface area contributed by atoms with Crippen molar-refractivity contribution in [3.8, 4) is 6.07 Å². The van der Waals surface area contributed by atoms with Crippen molar-refractivity contribution in [1.82, 2.24) is 10.2 Å². The first kappa shape index (κ1) is 17.6. The third-order valence-corrected chi connectivity index (χ3v) is 3.84. The molecule has 0 fully saturated rings. The van der Waals surface area contributed by atoms with Crippen molar-refractivity contribution in [2.24, 2.45) is 5.73 Å². The number of carbonyl (C=O) groups excluding carboxylic acids is 1. The summed E-state index contributed by atoms with van der Waals surface area (Å²) >= 11 is 0. The highest BCUT2D eigenvalue weighted by molar-refractivity contribution is 5.93. The van der Waals surface area contributed by atoms with E-state index in [-0.39, 0.29) is 12.4 Å².